The van der Waals surface area contributed by atoms with E-state index in [2.05, 4.69) is 25.7 Å². The summed E-state index contributed by atoms with van der Waals surface area (Å²) in [6.45, 7) is 5.48. The molecule has 0 saturated carbocycles. The van der Waals surface area contributed by atoms with Crippen LogP contribution in [0.15, 0.2) is 29.0 Å². The van der Waals surface area contributed by atoms with Gasteiger partial charge in [-0.15, -0.1) is 0 Å². The Labute approximate surface area is 148 Å². The summed E-state index contributed by atoms with van der Waals surface area (Å²) in [6.07, 6.45) is 3.46. The molecule has 0 fully saturated rings. The second kappa shape index (κ2) is 5.80. The van der Waals surface area contributed by atoms with Crippen molar-refractivity contribution < 1.29 is 9.32 Å². The van der Waals surface area contributed by atoms with E-state index in [9.17, 15) is 4.79 Å². The number of nitrogens with one attached hydrogen (secondary N) is 1. The summed E-state index contributed by atoms with van der Waals surface area (Å²) in [5.41, 5.74) is 4.75. The summed E-state index contributed by atoms with van der Waals surface area (Å²) in [6, 6.07) is 3.49. The van der Waals surface area contributed by atoms with Crippen LogP contribution in [0.3, 0.4) is 0 Å². The molecule has 0 atom stereocenters. The number of hydrogen-bond acceptors (Lipinski definition) is 6. The molecule has 0 saturated heterocycles. The number of amides is 1. The van der Waals surface area contributed by atoms with Crippen molar-refractivity contribution >= 4 is 17.2 Å². The first-order valence-electron chi connectivity index (χ1n) is 8.03. The average Bonchev–Trinajstić information content (AvgIpc) is 3.29. The Morgan fingerprint density at radius 1 is 1.27 bits per heavy atom. The van der Waals surface area contributed by atoms with Crippen LogP contribution in [0.5, 0.6) is 0 Å². The highest BCUT2D eigenvalue weighted by molar-refractivity contribution is 6.04. The van der Waals surface area contributed by atoms with E-state index in [1.807, 2.05) is 20.0 Å². The molecule has 0 bridgehead atoms. The summed E-state index contributed by atoms with van der Waals surface area (Å²) in [4.78, 5) is 16.9. The number of carbonyl (C=O) groups is 1. The molecule has 0 radical (unpaired) electrons. The highest BCUT2D eigenvalue weighted by Gasteiger charge is 2.19. The summed E-state index contributed by atoms with van der Waals surface area (Å²) >= 11 is 0. The van der Waals surface area contributed by atoms with Crippen LogP contribution in [0, 0.1) is 20.8 Å². The van der Waals surface area contributed by atoms with Gasteiger partial charge >= 0.3 is 0 Å². The molecule has 132 valence electrons. The topological polar surface area (TPSA) is 103 Å². The molecule has 4 heterocycles. The molecule has 9 heteroatoms. The van der Waals surface area contributed by atoms with Gasteiger partial charge in [-0.25, -0.2) is 9.50 Å². The smallest absolute Gasteiger partial charge is 0.276 e. The van der Waals surface area contributed by atoms with Gasteiger partial charge in [0.25, 0.3) is 5.91 Å². The van der Waals surface area contributed by atoms with Crippen LogP contribution in [-0.4, -0.2) is 35.4 Å². The van der Waals surface area contributed by atoms with E-state index >= 15 is 0 Å². The number of aromatic nitrogens is 6. The zero-order chi connectivity index (χ0) is 18.4. The summed E-state index contributed by atoms with van der Waals surface area (Å²) in [7, 11) is 1.88. The third kappa shape index (κ3) is 2.44. The minimum absolute atomic E-state index is 0.256. The molecule has 0 unspecified atom stereocenters. The zero-order valence-electron chi connectivity index (χ0n) is 14.8. The Hall–Kier alpha value is -3.49. The Bertz CT molecular complexity index is 1120. The summed E-state index contributed by atoms with van der Waals surface area (Å²) in [5.74, 6) is 0.197. The number of anilines is 1. The van der Waals surface area contributed by atoms with E-state index < -0.39 is 0 Å². The van der Waals surface area contributed by atoms with Crippen LogP contribution in [0.2, 0.25) is 0 Å². The van der Waals surface area contributed by atoms with Gasteiger partial charge in [0.2, 0.25) is 0 Å². The first kappa shape index (κ1) is 16.0. The number of carbonyl (C=O) groups excluding carboxylic acids is 1. The first-order chi connectivity index (χ1) is 12.5. The van der Waals surface area contributed by atoms with Crippen LogP contribution < -0.4 is 5.32 Å². The predicted octanol–water partition coefficient (Wildman–Crippen LogP) is 2.30. The van der Waals surface area contributed by atoms with Crippen molar-refractivity contribution in [2.24, 2.45) is 7.05 Å². The third-order valence-electron chi connectivity index (χ3n) is 4.37. The van der Waals surface area contributed by atoms with E-state index in [-0.39, 0.29) is 11.6 Å². The van der Waals surface area contributed by atoms with Gasteiger partial charge in [-0.2, -0.15) is 10.2 Å². The van der Waals surface area contributed by atoms with Gasteiger partial charge in [-0.1, -0.05) is 5.16 Å². The van der Waals surface area contributed by atoms with Crippen LogP contribution in [-0.2, 0) is 7.05 Å². The predicted molar refractivity (Wildman–Crippen MR) is 93.9 cm³/mol. The van der Waals surface area contributed by atoms with E-state index in [1.54, 1.807) is 41.5 Å². The number of fused-ring (bicyclic) bond motifs is 1. The van der Waals surface area contributed by atoms with Crippen LogP contribution >= 0.6 is 0 Å². The molecule has 0 aliphatic heterocycles. The van der Waals surface area contributed by atoms with Gasteiger partial charge in [0.05, 0.1) is 11.9 Å². The first-order valence-corrected chi connectivity index (χ1v) is 8.03. The molecule has 4 aromatic heterocycles. The molecule has 1 amide bonds. The van der Waals surface area contributed by atoms with E-state index in [1.165, 1.54) is 0 Å². The Morgan fingerprint density at radius 3 is 2.73 bits per heavy atom. The molecule has 0 aromatic carbocycles. The lowest BCUT2D eigenvalue weighted by molar-refractivity contribution is 0.102. The second-order valence-electron chi connectivity index (χ2n) is 6.05. The van der Waals surface area contributed by atoms with Crippen molar-refractivity contribution in [3.8, 4) is 11.3 Å². The maximum Gasteiger partial charge on any atom is 0.276 e. The minimum Gasteiger partial charge on any atom is -0.359 e. The van der Waals surface area contributed by atoms with Crippen molar-refractivity contribution in [3.05, 3.63) is 47.4 Å². The number of aryl methyl sites for hydroxylation is 3. The molecule has 0 aliphatic carbocycles. The monoisotopic (exact) mass is 351 g/mol. The van der Waals surface area contributed by atoms with Gasteiger partial charge in [0.15, 0.2) is 17.1 Å². The maximum atomic E-state index is 12.6. The van der Waals surface area contributed by atoms with Gasteiger partial charge in [-0.05, 0) is 26.8 Å². The number of nitrogens with zero attached hydrogens (tertiary/aromatic N) is 6. The van der Waals surface area contributed by atoms with E-state index in [0.717, 1.165) is 17.0 Å². The van der Waals surface area contributed by atoms with Crippen molar-refractivity contribution in [1.82, 2.24) is 29.5 Å². The lowest BCUT2D eigenvalue weighted by Crippen LogP contribution is -2.13. The number of rotatable bonds is 3. The van der Waals surface area contributed by atoms with Crippen molar-refractivity contribution in [2.45, 2.75) is 20.8 Å². The summed E-state index contributed by atoms with van der Waals surface area (Å²) < 4.78 is 8.50. The van der Waals surface area contributed by atoms with Crippen molar-refractivity contribution in [1.29, 1.82) is 0 Å². The lowest BCUT2D eigenvalue weighted by atomic mass is 10.2. The normalized spacial score (nSPS) is 11.2. The van der Waals surface area contributed by atoms with Gasteiger partial charge < -0.3 is 9.84 Å². The number of hydrogen-bond donors (Lipinski definition) is 1. The minimum atomic E-state index is -0.348. The van der Waals surface area contributed by atoms with Gasteiger partial charge in [0, 0.05) is 30.6 Å². The Balaban J connectivity index is 1.75. The largest absolute Gasteiger partial charge is 0.359 e. The van der Waals surface area contributed by atoms with Crippen molar-refractivity contribution in [3.63, 3.8) is 0 Å². The quantitative estimate of drug-likeness (QED) is 0.607. The molecule has 0 aliphatic rings. The second-order valence-corrected chi connectivity index (χ2v) is 6.05. The molecule has 1 N–H and O–H groups in total. The van der Waals surface area contributed by atoms with Crippen molar-refractivity contribution in [2.75, 3.05) is 5.32 Å². The molecular weight excluding hydrogens is 334 g/mol. The standard InChI is InChI=1S/C17H17N7O2/c1-9-16(11(3)26-22-9)20-17(25)13-7-15-18-6-5-14(24(15)21-13)12-8-19-23(4)10(12)2/h5-8H,1-4H3,(H,20,25). The molecule has 26 heavy (non-hydrogen) atoms. The van der Waals surface area contributed by atoms with Crippen LogP contribution in [0.25, 0.3) is 16.9 Å². The van der Waals surface area contributed by atoms with E-state index in [4.69, 9.17) is 4.52 Å². The average molecular weight is 351 g/mol. The molecule has 9 nitrogen and oxygen atoms in total. The highest BCUT2D eigenvalue weighted by atomic mass is 16.5. The molecule has 0 spiro atoms. The highest BCUT2D eigenvalue weighted by Crippen LogP contribution is 2.24. The molecular formula is C17H17N7O2. The third-order valence-corrected chi connectivity index (χ3v) is 4.37. The van der Waals surface area contributed by atoms with Crippen LogP contribution in [0.1, 0.15) is 27.6 Å². The summed E-state index contributed by atoms with van der Waals surface area (Å²) in [5, 5.41) is 15.3. The fraction of sp³-hybridized carbons (Fsp3) is 0.235. The lowest BCUT2D eigenvalue weighted by Gasteiger charge is -2.04. The SMILES string of the molecule is Cc1noc(C)c1NC(=O)c1cc2nccc(-c3cnn(C)c3C)n2n1. The fourth-order valence-electron chi connectivity index (χ4n) is 2.80. The molecule has 4 aromatic rings. The van der Waals surface area contributed by atoms with Gasteiger partial charge in [0.1, 0.15) is 11.4 Å². The Kier molecular flexibility index (Phi) is 3.57. The van der Waals surface area contributed by atoms with Gasteiger partial charge in [-0.3, -0.25) is 9.48 Å². The molecule has 4 rings (SSSR count). The zero-order valence-corrected chi connectivity index (χ0v) is 14.8. The maximum absolute atomic E-state index is 12.6. The van der Waals surface area contributed by atoms with Crippen LogP contribution in [0.4, 0.5) is 5.69 Å². The Morgan fingerprint density at radius 2 is 2.08 bits per heavy atom. The van der Waals surface area contributed by atoms with E-state index in [0.29, 0.717) is 22.8 Å². The fourth-order valence-corrected chi connectivity index (χ4v) is 2.80.